The number of aliphatic hydroxyl groups excluding tert-OH is 1. The molecular formula is C12H17F2NO2. The van der Waals surface area contributed by atoms with Crippen LogP contribution in [-0.4, -0.2) is 24.9 Å². The third kappa shape index (κ3) is 4.38. The fraction of sp³-hybridized carbons (Fsp3) is 0.500. The van der Waals surface area contributed by atoms with Crippen LogP contribution in [0.1, 0.15) is 24.5 Å². The van der Waals surface area contributed by atoms with Crippen molar-refractivity contribution in [1.82, 2.24) is 0 Å². The Morgan fingerprint density at radius 3 is 2.76 bits per heavy atom. The number of methoxy groups -OCH3 is 1. The highest BCUT2D eigenvalue weighted by Gasteiger charge is 2.17. The van der Waals surface area contributed by atoms with Gasteiger partial charge in [0.25, 0.3) is 0 Å². The summed E-state index contributed by atoms with van der Waals surface area (Å²) in [4.78, 5) is 0. The highest BCUT2D eigenvalue weighted by atomic mass is 19.1. The molecule has 0 fully saturated rings. The van der Waals surface area contributed by atoms with Crippen LogP contribution >= 0.6 is 0 Å². The van der Waals surface area contributed by atoms with Gasteiger partial charge < -0.3 is 15.6 Å². The highest BCUT2D eigenvalue weighted by molar-refractivity contribution is 5.21. The average Bonchev–Trinajstić information content (AvgIpc) is 2.29. The molecule has 1 aromatic rings. The van der Waals surface area contributed by atoms with Crippen molar-refractivity contribution >= 4 is 0 Å². The second-order valence-corrected chi connectivity index (χ2v) is 3.96. The molecule has 0 radical (unpaired) electrons. The Morgan fingerprint density at radius 1 is 1.41 bits per heavy atom. The minimum atomic E-state index is -1.10. The molecule has 0 saturated carbocycles. The first-order valence-corrected chi connectivity index (χ1v) is 5.42. The van der Waals surface area contributed by atoms with E-state index in [1.807, 2.05) is 0 Å². The van der Waals surface area contributed by atoms with E-state index in [4.69, 9.17) is 10.5 Å². The quantitative estimate of drug-likeness (QED) is 0.802. The molecule has 0 aliphatic rings. The third-order valence-corrected chi connectivity index (χ3v) is 2.54. The lowest BCUT2D eigenvalue weighted by Crippen LogP contribution is -2.24. The van der Waals surface area contributed by atoms with Crippen LogP contribution in [0.4, 0.5) is 8.78 Å². The number of halogens is 2. The summed E-state index contributed by atoms with van der Waals surface area (Å²) in [7, 11) is 1.55. The van der Waals surface area contributed by atoms with Crippen molar-refractivity contribution in [3.63, 3.8) is 0 Å². The van der Waals surface area contributed by atoms with E-state index in [2.05, 4.69) is 0 Å². The molecule has 0 spiro atoms. The normalized spacial score (nSPS) is 14.6. The molecule has 0 bridgehead atoms. The van der Waals surface area contributed by atoms with Gasteiger partial charge in [0.15, 0.2) is 0 Å². The number of nitrogens with two attached hydrogens (primary N) is 1. The molecular weight excluding hydrogens is 228 g/mol. The Kier molecular flexibility index (Phi) is 5.47. The number of ether oxygens (including phenoxy) is 1. The van der Waals surface area contributed by atoms with Gasteiger partial charge in [0.2, 0.25) is 0 Å². The van der Waals surface area contributed by atoms with E-state index in [9.17, 15) is 13.9 Å². The van der Waals surface area contributed by atoms with Crippen molar-refractivity contribution in [2.45, 2.75) is 25.0 Å². The van der Waals surface area contributed by atoms with Gasteiger partial charge in [-0.3, -0.25) is 0 Å². The van der Waals surface area contributed by atoms with Crippen molar-refractivity contribution in [2.75, 3.05) is 13.7 Å². The van der Waals surface area contributed by atoms with Gasteiger partial charge >= 0.3 is 0 Å². The molecule has 2 atom stereocenters. The predicted octanol–water partition coefficient (Wildman–Crippen LogP) is 1.75. The number of hydrogen-bond acceptors (Lipinski definition) is 3. The van der Waals surface area contributed by atoms with E-state index in [0.717, 1.165) is 18.2 Å². The van der Waals surface area contributed by atoms with E-state index >= 15 is 0 Å². The first-order chi connectivity index (χ1) is 8.04. The monoisotopic (exact) mass is 245 g/mol. The van der Waals surface area contributed by atoms with Crippen LogP contribution < -0.4 is 5.73 Å². The zero-order valence-corrected chi connectivity index (χ0v) is 9.70. The number of aliphatic hydroxyl groups is 1. The fourth-order valence-corrected chi connectivity index (χ4v) is 1.57. The van der Waals surface area contributed by atoms with Crippen molar-refractivity contribution in [1.29, 1.82) is 0 Å². The summed E-state index contributed by atoms with van der Waals surface area (Å²) in [6.45, 7) is 0.472. The van der Waals surface area contributed by atoms with Crippen molar-refractivity contribution < 1.29 is 18.6 Å². The largest absolute Gasteiger partial charge is 0.388 e. The van der Waals surface area contributed by atoms with E-state index < -0.39 is 17.7 Å². The Hall–Kier alpha value is -1.04. The Balaban J connectivity index is 2.62. The van der Waals surface area contributed by atoms with E-state index in [-0.39, 0.29) is 18.0 Å². The maximum atomic E-state index is 13.3. The molecule has 0 heterocycles. The van der Waals surface area contributed by atoms with Gasteiger partial charge in [-0.25, -0.2) is 8.78 Å². The third-order valence-electron chi connectivity index (χ3n) is 2.54. The summed E-state index contributed by atoms with van der Waals surface area (Å²) >= 11 is 0. The highest BCUT2D eigenvalue weighted by Crippen LogP contribution is 2.22. The topological polar surface area (TPSA) is 55.5 Å². The first-order valence-electron chi connectivity index (χ1n) is 5.42. The maximum absolute atomic E-state index is 13.3. The molecule has 17 heavy (non-hydrogen) atoms. The van der Waals surface area contributed by atoms with E-state index in [1.165, 1.54) is 0 Å². The Morgan fingerprint density at radius 2 is 2.12 bits per heavy atom. The molecule has 3 nitrogen and oxygen atoms in total. The number of benzene rings is 1. The van der Waals surface area contributed by atoms with Gasteiger partial charge in [-0.1, -0.05) is 0 Å². The molecule has 0 amide bonds. The van der Waals surface area contributed by atoms with Crippen LogP contribution in [0.2, 0.25) is 0 Å². The molecule has 96 valence electrons. The number of hydrogen-bond donors (Lipinski definition) is 2. The Labute approximate surface area is 99.2 Å². The van der Waals surface area contributed by atoms with Crippen LogP contribution in [0.15, 0.2) is 18.2 Å². The van der Waals surface area contributed by atoms with Gasteiger partial charge in [-0.2, -0.15) is 0 Å². The lowest BCUT2D eigenvalue weighted by Gasteiger charge is -2.17. The molecule has 5 heteroatoms. The Bertz CT molecular complexity index is 360. The zero-order chi connectivity index (χ0) is 12.8. The molecule has 0 aliphatic heterocycles. The van der Waals surface area contributed by atoms with Gasteiger partial charge in [0.05, 0.1) is 6.10 Å². The summed E-state index contributed by atoms with van der Waals surface area (Å²) in [6.07, 6.45) is -0.369. The second kappa shape index (κ2) is 6.64. The predicted molar refractivity (Wildman–Crippen MR) is 60.4 cm³/mol. The number of rotatable bonds is 6. The van der Waals surface area contributed by atoms with Crippen molar-refractivity contribution in [3.8, 4) is 0 Å². The summed E-state index contributed by atoms with van der Waals surface area (Å²) in [6, 6.07) is 2.68. The van der Waals surface area contributed by atoms with Crippen LogP contribution in [0, 0.1) is 11.6 Å². The van der Waals surface area contributed by atoms with Crippen LogP contribution in [-0.2, 0) is 4.74 Å². The van der Waals surface area contributed by atoms with E-state index in [1.54, 1.807) is 7.11 Å². The van der Waals surface area contributed by atoms with Crippen LogP contribution in [0.25, 0.3) is 0 Å². The lowest BCUT2D eigenvalue weighted by molar-refractivity contribution is 0.138. The average molecular weight is 245 g/mol. The lowest BCUT2D eigenvalue weighted by atomic mass is 10.0. The fourth-order valence-electron chi connectivity index (χ4n) is 1.57. The standard InChI is InChI=1S/C12H17F2NO2/c1-17-5-4-9(15)7-12(16)10-6-8(13)2-3-11(10)14/h2-3,6,9,12,16H,4-5,7,15H2,1H3. The summed E-state index contributed by atoms with van der Waals surface area (Å²) in [5, 5.41) is 9.77. The second-order valence-electron chi connectivity index (χ2n) is 3.96. The summed E-state index contributed by atoms with van der Waals surface area (Å²) in [5.74, 6) is -1.20. The minimum absolute atomic E-state index is 0.0575. The van der Waals surface area contributed by atoms with Gasteiger partial charge in [-0.05, 0) is 31.0 Å². The van der Waals surface area contributed by atoms with Crippen molar-refractivity contribution in [3.05, 3.63) is 35.4 Å². The van der Waals surface area contributed by atoms with E-state index in [0.29, 0.717) is 13.0 Å². The van der Waals surface area contributed by atoms with Gasteiger partial charge in [0, 0.05) is 25.3 Å². The van der Waals surface area contributed by atoms with Crippen LogP contribution in [0.5, 0.6) is 0 Å². The molecule has 2 unspecified atom stereocenters. The molecule has 0 aromatic heterocycles. The molecule has 0 saturated heterocycles. The molecule has 3 N–H and O–H groups in total. The first kappa shape index (κ1) is 14.0. The SMILES string of the molecule is COCCC(N)CC(O)c1cc(F)ccc1F. The minimum Gasteiger partial charge on any atom is -0.388 e. The molecule has 1 rings (SSSR count). The summed E-state index contributed by atoms with van der Waals surface area (Å²) < 4.78 is 31.1. The van der Waals surface area contributed by atoms with Gasteiger partial charge in [0.1, 0.15) is 11.6 Å². The van der Waals surface area contributed by atoms with Crippen molar-refractivity contribution in [2.24, 2.45) is 5.73 Å². The zero-order valence-electron chi connectivity index (χ0n) is 9.70. The summed E-state index contributed by atoms with van der Waals surface area (Å²) in [5.41, 5.74) is 5.67. The molecule has 1 aromatic carbocycles. The van der Waals surface area contributed by atoms with Gasteiger partial charge in [-0.15, -0.1) is 0 Å². The van der Waals surface area contributed by atoms with Crippen LogP contribution in [0.3, 0.4) is 0 Å². The maximum Gasteiger partial charge on any atom is 0.129 e. The molecule has 0 aliphatic carbocycles. The smallest absolute Gasteiger partial charge is 0.129 e.